The summed E-state index contributed by atoms with van der Waals surface area (Å²) in [5.74, 6) is 0.406. The first-order valence-corrected chi connectivity index (χ1v) is 7.76. The average molecular weight is 330 g/mol. The van der Waals surface area contributed by atoms with E-state index in [1.54, 1.807) is 6.07 Å². The summed E-state index contributed by atoms with van der Waals surface area (Å²) >= 11 is 3.43. The van der Waals surface area contributed by atoms with Gasteiger partial charge in [0.1, 0.15) is 5.82 Å². The first-order chi connectivity index (χ1) is 9.20. The van der Waals surface area contributed by atoms with Crippen LogP contribution in [0.1, 0.15) is 37.8 Å². The normalized spacial score (nSPS) is 20.7. The van der Waals surface area contributed by atoms with Crippen molar-refractivity contribution in [1.29, 1.82) is 0 Å². The number of halogens is 2. The maximum Gasteiger partial charge on any atom is 0.128 e. The maximum absolute atomic E-state index is 14.0. The zero-order valence-corrected chi connectivity index (χ0v) is 12.9. The van der Waals surface area contributed by atoms with Gasteiger partial charge < -0.3 is 10.1 Å². The molecule has 106 valence electrons. The first-order valence-electron chi connectivity index (χ1n) is 6.96. The second-order valence-electron chi connectivity index (χ2n) is 5.14. The Labute approximate surface area is 122 Å². The van der Waals surface area contributed by atoms with Gasteiger partial charge in [-0.15, -0.1) is 0 Å². The van der Waals surface area contributed by atoms with Gasteiger partial charge in [-0.1, -0.05) is 22.9 Å². The molecule has 1 saturated heterocycles. The van der Waals surface area contributed by atoms with Crippen LogP contribution in [0.25, 0.3) is 0 Å². The fourth-order valence-corrected chi connectivity index (χ4v) is 2.90. The molecule has 0 radical (unpaired) electrons. The van der Waals surface area contributed by atoms with Crippen LogP contribution in [-0.2, 0) is 4.74 Å². The van der Waals surface area contributed by atoms with Crippen LogP contribution in [0.4, 0.5) is 4.39 Å². The van der Waals surface area contributed by atoms with Crippen LogP contribution < -0.4 is 5.32 Å². The molecular formula is C15H21BrFNO. The molecule has 1 aromatic rings. The van der Waals surface area contributed by atoms with E-state index in [9.17, 15) is 4.39 Å². The fourth-order valence-electron chi connectivity index (χ4n) is 2.52. The molecule has 0 aliphatic carbocycles. The number of hydrogen-bond acceptors (Lipinski definition) is 2. The van der Waals surface area contributed by atoms with E-state index in [-0.39, 0.29) is 11.9 Å². The minimum Gasteiger partial charge on any atom is -0.381 e. The summed E-state index contributed by atoms with van der Waals surface area (Å²) in [6, 6.07) is 5.24. The highest BCUT2D eigenvalue weighted by molar-refractivity contribution is 9.10. The van der Waals surface area contributed by atoms with Gasteiger partial charge in [-0.25, -0.2) is 4.39 Å². The molecule has 0 bridgehead atoms. The monoisotopic (exact) mass is 329 g/mol. The molecule has 0 saturated carbocycles. The van der Waals surface area contributed by atoms with Crippen LogP contribution in [-0.4, -0.2) is 19.8 Å². The molecule has 4 heteroatoms. The third kappa shape index (κ3) is 4.26. The van der Waals surface area contributed by atoms with Crippen LogP contribution >= 0.6 is 15.9 Å². The van der Waals surface area contributed by atoms with E-state index in [2.05, 4.69) is 28.2 Å². The van der Waals surface area contributed by atoms with Gasteiger partial charge in [0, 0.05) is 29.3 Å². The average Bonchev–Trinajstić information content (AvgIpc) is 2.90. The lowest BCUT2D eigenvalue weighted by Gasteiger charge is -2.22. The van der Waals surface area contributed by atoms with Crippen molar-refractivity contribution in [2.24, 2.45) is 5.92 Å². The van der Waals surface area contributed by atoms with Gasteiger partial charge in [0.15, 0.2) is 0 Å². The summed E-state index contributed by atoms with van der Waals surface area (Å²) in [5.41, 5.74) is 0.759. The topological polar surface area (TPSA) is 21.3 Å². The largest absolute Gasteiger partial charge is 0.381 e. The number of ether oxygens (including phenoxy) is 1. The van der Waals surface area contributed by atoms with Gasteiger partial charge in [-0.2, -0.15) is 0 Å². The molecule has 2 unspecified atom stereocenters. The summed E-state index contributed by atoms with van der Waals surface area (Å²) < 4.78 is 20.4. The summed E-state index contributed by atoms with van der Waals surface area (Å²) in [6.45, 7) is 4.68. The lowest BCUT2D eigenvalue weighted by Crippen LogP contribution is -2.25. The van der Waals surface area contributed by atoms with E-state index >= 15 is 0 Å². The quantitative estimate of drug-likeness (QED) is 0.849. The van der Waals surface area contributed by atoms with Crippen molar-refractivity contribution >= 4 is 15.9 Å². The summed E-state index contributed by atoms with van der Waals surface area (Å²) in [4.78, 5) is 0. The van der Waals surface area contributed by atoms with Gasteiger partial charge >= 0.3 is 0 Å². The van der Waals surface area contributed by atoms with Gasteiger partial charge in [0.05, 0.1) is 0 Å². The van der Waals surface area contributed by atoms with E-state index in [1.807, 2.05) is 6.07 Å². The Morgan fingerprint density at radius 2 is 2.37 bits per heavy atom. The molecule has 1 aromatic carbocycles. The lowest BCUT2D eigenvalue weighted by atomic mass is 9.93. The highest BCUT2D eigenvalue weighted by Gasteiger charge is 2.23. The smallest absolute Gasteiger partial charge is 0.128 e. The minimum atomic E-state index is -0.129. The van der Waals surface area contributed by atoms with E-state index in [4.69, 9.17) is 4.74 Å². The summed E-state index contributed by atoms with van der Waals surface area (Å²) in [7, 11) is 0. The molecule has 0 aromatic heterocycles. The lowest BCUT2D eigenvalue weighted by molar-refractivity contribution is 0.181. The zero-order chi connectivity index (χ0) is 13.7. The SMILES string of the molecule is CCCNC(CC1CCOC1)c1cc(Br)ccc1F. The third-order valence-electron chi connectivity index (χ3n) is 3.57. The van der Waals surface area contributed by atoms with Gasteiger partial charge in [0.25, 0.3) is 0 Å². The predicted molar refractivity (Wildman–Crippen MR) is 78.7 cm³/mol. The molecule has 2 atom stereocenters. The Morgan fingerprint density at radius 1 is 1.53 bits per heavy atom. The number of nitrogens with one attached hydrogen (secondary N) is 1. The van der Waals surface area contributed by atoms with Crippen LogP contribution in [0.15, 0.2) is 22.7 Å². The van der Waals surface area contributed by atoms with E-state index in [0.717, 1.165) is 49.1 Å². The Bertz CT molecular complexity index is 407. The molecular weight excluding hydrogens is 309 g/mol. The first kappa shape index (κ1) is 14.9. The number of hydrogen-bond donors (Lipinski definition) is 1. The summed E-state index contributed by atoms with van der Waals surface area (Å²) in [5, 5.41) is 3.46. The predicted octanol–water partition coefficient (Wildman–Crippen LogP) is 4.06. The number of benzene rings is 1. The Morgan fingerprint density at radius 3 is 3.05 bits per heavy atom. The molecule has 0 spiro atoms. The molecule has 1 aliphatic heterocycles. The third-order valence-corrected chi connectivity index (χ3v) is 4.06. The highest BCUT2D eigenvalue weighted by Crippen LogP contribution is 2.29. The van der Waals surface area contributed by atoms with Crippen LogP contribution in [0, 0.1) is 11.7 Å². The van der Waals surface area contributed by atoms with Gasteiger partial charge in [-0.3, -0.25) is 0 Å². The van der Waals surface area contributed by atoms with E-state index in [1.165, 1.54) is 6.07 Å². The van der Waals surface area contributed by atoms with Crippen molar-refractivity contribution in [3.8, 4) is 0 Å². The molecule has 1 aliphatic rings. The molecule has 19 heavy (non-hydrogen) atoms. The number of rotatable bonds is 6. The molecule has 0 amide bonds. The molecule has 2 rings (SSSR count). The Balaban J connectivity index is 2.12. The second kappa shape index (κ2) is 7.36. The standard InChI is InChI=1S/C15H21BrFNO/c1-2-6-18-15(8-11-5-7-19-10-11)13-9-12(16)3-4-14(13)17/h3-4,9,11,15,18H,2,5-8,10H2,1H3. The van der Waals surface area contributed by atoms with Crippen molar-refractivity contribution in [3.05, 3.63) is 34.1 Å². The van der Waals surface area contributed by atoms with Crippen LogP contribution in [0.5, 0.6) is 0 Å². The van der Waals surface area contributed by atoms with Gasteiger partial charge in [-0.05, 0) is 49.9 Å². The molecule has 1 heterocycles. The molecule has 1 N–H and O–H groups in total. The minimum absolute atomic E-state index is 0.0733. The van der Waals surface area contributed by atoms with E-state index in [0.29, 0.717) is 5.92 Å². The molecule has 2 nitrogen and oxygen atoms in total. The molecule has 1 fully saturated rings. The Hall–Kier alpha value is -0.450. The fraction of sp³-hybridized carbons (Fsp3) is 0.600. The van der Waals surface area contributed by atoms with Gasteiger partial charge in [0.2, 0.25) is 0 Å². The zero-order valence-electron chi connectivity index (χ0n) is 11.3. The highest BCUT2D eigenvalue weighted by atomic mass is 79.9. The van der Waals surface area contributed by atoms with Crippen LogP contribution in [0.3, 0.4) is 0 Å². The van der Waals surface area contributed by atoms with Crippen molar-refractivity contribution in [3.63, 3.8) is 0 Å². The van der Waals surface area contributed by atoms with Crippen molar-refractivity contribution in [1.82, 2.24) is 5.32 Å². The summed E-state index contributed by atoms with van der Waals surface area (Å²) in [6.07, 6.45) is 3.07. The van der Waals surface area contributed by atoms with E-state index < -0.39 is 0 Å². The maximum atomic E-state index is 14.0. The Kier molecular flexibility index (Phi) is 5.79. The van der Waals surface area contributed by atoms with Crippen molar-refractivity contribution < 1.29 is 9.13 Å². The van der Waals surface area contributed by atoms with Crippen molar-refractivity contribution in [2.75, 3.05) is 19.8 Å². The van der Waals surface area contributed by atoms with Crippen LogP contribution in [0.2, 0.25) is 0 Å². The van der Waals surface area contributed by atoms with Crippen molar-refractivity contribution in [2.45, 2.75) is 32.2 Å². The second-order valence-corrected chi connectivity index (χ2v) is 6.05.